The van der Waals surface area contributed by atoms with Crippen LogP contribution in [0.25, 0.3) is 0 Å². The van der Waals surface area contributed by atoms with E-state index >= 15 is 0 Å². The van der Waals surface area contributed by atoms with Crippen LogP contribution in [0.3, 0.4) is 0 Å². The second-order valence-corrected chi connectivity index (χ2v) is 4.22. The number of rotatable bonds is 2. The molecule has 0 bridgehead atoms. The van der Waals surface area contributed by atoms with Crippen LogP contribution in [0, 0.1) is 11.3 Å². The third-order valence-electron chi connectivity index (χ3n) is 3.22. The predicted molar refractivity (Wildman–Crippen MR) is 48.8 cm³/mol. The SMILES string of the molecule is C/C(CO)=C1/C[C@H](CO)C1(C)C. The van der Waals surface area contributed by atoms with Gasteiger partial charge < -0.3 is 10.2 Å². The molecule has 0 aromatic rings. The minimum Gasteiger partial charge on any atom is -0.396 e. The lowest BCUT2D eigenvalue weighted by Gasteiger charge is -2.48. The second-order valence-electron chi connectivity index (χ2n) is 4.22. The van der Waals surface area contributed by atoms with Gasteiger partial charge in [0.1, 0.15) is 0 Å². The fraction of sp³-hybridized carbons (Fsp3) is 0.800. The first-order valence-electron chi connectivity index (χ1n) is 4.44. The van der Waals surface area contributed by atoms with Crippen LogP contribution >= 0.6 is 0 Å². The van der Waals surface area contributed by atoms with Crippen molar-refractivity contribution >= 4 is 0 Å². The van der Waals surface area contributed by atoms with Gasteiger partial charge in [0.25, 0.3) is 0 Å². The van der Waals surface area contributed by atoms with E-state index in [9.17, 15) is 0 Å². The average molecular weight is 170 g/mol. The third-order valence-corrected chi connectivity index (χ3v) is 3.22. The van der Waals surface area contributed by atoms with Crippen molar-refractivity contribution in [1.29, 1.82) is 0 Å². The fourth-order valence-electron chi connectivity index (χ4n) is 1.99. The summed E-state index contributed by atoms with van der Waals surface area (Å²) in [5.74, 6) is 0.383. The van der Waals surface area contributed by atoms with E-state index in [-0.39, 0.29) is 18.6 Å². The van der Waals surface area contributed by atoms with Gasteiger partial charge in [-0.25, -0.2) is 0 Å². The lowest BCUT2D eigenvalue weighted by molar-refractivity contribution is 0.0817. The zero-order valence-electron chi connectivity index (χ0n) is 8.09. The first-order chi connectivity index (χ1) is 5.54. The van der Waals surface area contributed by atoms with Crippen molar-refractivity contribution in [2.45, 2.75) is 27.2 Å². The largest absolute Gasteiger partial charge is 0.396 e. The molecular formula is C10H18O2. The maximum absolute atomic E-state index is 9.01. The number of allylic oxidation sites excluding steroid dienone is 1. The molecule has 70 valence electrons. The van der Waals surface area contributed by atoms with Crippen LogP contribution < -0.4 is 0 Å². The molecule has 12 heavy (non-hydrogen) atoms. The molecule has 1 atom stereocenters. The molecular weight excluding hydrogens is 152 g/mol. The standard InChI is InChI=1S/C10H18O2/c1-7(5-11)9-4-8(6-12)10(9,2)3/h8,11-12H,4-6H2,1-3H3/b9-7+/t8-/m1/s1. The van der Waals surface area contributed by atoms with Gasteiger partial charge in [0.15, 0.2) is 0 Å². The van der Waals surface area contributed by atoms with Crippen LogP contribution in [0.5, 0.6) is 0 Å². The fourth-order valence-corrected chi connectivity index (χ4v) is 1.99. The number of aliphatic hydroxyl groups excluding tert-OH is 2. The quantitative estimate of drug-likeness (QED) is 0.614. The van der Waals surface area contributed by atoms with E-state index in [2.05, 4.69) is 13.8 Å². The van der Waals surface area contributed by atoms with E-state index in [1.165, 1.54) is 5.57 Å². The Balaban J connectivity index is 2.77. The van der Waals surface area contributed by atoms with Crippen LogP contribution in [0.4, 0.5) is 0 Å². The van der Waals surface area contributed by atoms with Crippen LogP contribution in [-0.2, 0) is 0 Å². The number of hydrogen-bond acceptors (Lipinski definition) is 2. The predicted octanol–water partition coefficient (Wildman–Crippen LogP) is 1.33. The van der Waals surface area contributed by atoms with Gasteiger partial charge in [-0.2, -0.15) is 0 Å². The Kier molecular flexibility index (Phi) is 2.59. The minimum absolute atomic E-state index is 0.0988. The Hall–Kier alpha value is -0.340. The molecule has 1 saturated carbocycles. The number of aliphatic hydroxyl groups is 2. The lowest BCUT2D eigenvalue weighted by Crippen LogP contribution is -2.41. The maximum Gasteiger partial charge on any atom is 0.0641 e. The minimum atomic E-state index is 0.0988. The molecule has 0 aliphatic heterocycles. The van der Waals surface area contributed by atoms with E-state index in [0.29, 0.717) is 5.92 Å². The van der Waals surface area contributed by atoms with E-state index < -0.39 is 0 Å². The average Bonchev–Trinajstić information content (AvgIpc) is 2.03. The van der Waals surface area contributed by atoms with Crippen molar-refractivity contribution in [3.63, 3.8) is 0 Å². The molecule has 1 fully saturated rings. The summed E-state index contributed by atoms with van der Waals surface area (Å²) in [5.41, 5.74) is 2.50. The van der Waals surface area contributed by atoms with Crippen LogP contribution in [0.2, 0.25) is 0 Å². The van der Waals surface area contributed by atoms with Crippen molar-refractivity contribution in [1.82, 2.24) is 0 Å². The molecule has 2 nitrogen and oxygen atoms in total. The molecule has 0 spiro atoms. The summed E-state index contributed by atoms with van der Waals surface area (Å²) in [7, 11) is 0. The molecule has 0 amide bonds. The highest BCUT2D eigenvalue weighted by molar-refractivity contribution is 5.29. The van der Waals surface area contributed by atoms with Gasteiger partial charge in [-0.1, -0.05) is 19.4 Å². The highest BCUT2D eigenvalue weighted by Gasteiger charge is 2.43. The topological polar surface area (TPSA) is 40.5 Å². The van der Waals surface area contributed by atoms with Gasteiger partial charge in [-0.3, -0.25) is 0 Å². The molecule has 0 aromatic heterocycles. The highest BCUT2D eigenvalue weighted by Crippen LogP contribution is 2.51. The Labute approximate surface area is 73.9 Å². The van der Waals surface area contributed by atoms with Crippen molar-refractivity contribution in [3.8, 4) is 0 Å². The summed E-state index contributed by atoms with van der Waals surface area (Å²) >= 11 is 0. The molecule has 1 aliphatic carbocycles. The van der Waals surface area contributed by atoms with E-state index in [1.54, 1.807) is 0 Å². The summed E-state index contributed by atoms with van der Waals surface area (Å²) in [6.07, 6.45) is 0.954. The van der Waals surface area contributed by atoms with Crippen molar-refractivity contribution < 1.29 is 10.2 Å². The Morgan fingerprint density at radius 3 is 2.42 bits per heavy atom. The molecule has 0 unspecified atom stereocenters. The Morgan fingerprint density at radius 1 is 1.50 bits per heavy atom. The van der Waals surface area contributed by atoms with Gasteiger partial charge in [-0.05, 0) is 30.3 Å². The molecule has 2 heteroatoms. The maximum atomic E-state index is 9.01. The lowest BCUT2D eigenvalue weighted by atomic mass is 9.58. The van der Waals surface area contributed by atoms with E-state index in [4.69, 9.17) is 10.2 Å². The van der Waals surface area contributed by atoms with Gasteiger partial charge in [0.2, 0.25) is 0 Å². The van der Waals surface area contributed by atoms with Gasteiger partial charge in [0.05, 0.1) is 6.61 Å². The molecule has 0 heterocycles. The summed E-state index contributed by atoms with van der Waals surface area (Å²) < 4.78 is 0. The van der Waals surface area contributed by atoms with E-state index in [0.717, 1.165) is 12.0 Å². The molecule has 0 aromatic carbocycles. The van der Waals surface area contributed by atoms with Crippen LogP contribution in [0.1, 0.15) is 27.2 Å². The van der Waals surface area contributed by atoms with Crippen molar-refractivity contribution in [2.75, 3.05) is 13.2 Å². The van der Waals surface area contributed by atoms with Crippen molar-refractivity contribution in [3.05, 3.63) is 11.1 Å². The second kappa shape index (κ2) is 3.19. The summed E-state index contributed by atoms with van der Waals surface area (Å²) in [5, 5.41) is 17.9. The summed E-state index contributed by atoms with van der Waals surface area (Å²) in [6, 6.07) is 0. The first kappa shape index (κ1) is 9.75. The normalized spacial score (nSPS) is 31.2. The zero-order chi connectivity index (χ0) is 9.35. The summed E-state index contributed by atoms with van der Waals surface area (Å²) in [4.78, 5) is 0. The van der Waals surface area contributed by atoms with Crippen LogP contribution in [-0.4, -0.2) is 23.4 Å². The Bertz CT molecular complexity index is 204. The summed E-state index contributed by atoms with van der Waals surface area (Å²) in [6.45, 7) is 6.63. The molecule has 0 radical (unpaired) electrons. The molecule has 2 N–H and O–H groups in total. The van der Waals surface area contributed by atoms with Gasteiger partial charge in [0, 0.05) is 6.61 Å². The van der Waals surface area contributed by atoms with Gasteiger partial charge >= 0.3 is 0 Å². The Morgan fingerprint density at radius 2 is 2.08 bits per heavy atom. The van der Waals surface area contributed by atoms with E-state index in [1.807, 2.05) is 6.92 Å². The molecule has 0 saturated heterocycles. The molecule has 1 aliphatic rings. The number of hydrogen-bond donors (Lipinski definition) is 2. The smallest absolute Gasteiger partial charge is 0.0641 e. The first-order valence-corrected chi connectivity index (χ1v) is 4.44. The van der Waals surface area contributed by atoms with Crippen LogP contribution in [0.15, 0.2) is 11.1 Å². The van der Waals surface area contributed by atoms with Crippen molar-refractivity contribution in [2.24, 2.45) is 11.3 Å². The highest BCUT2D eigenvalue weighted by atomic mass is 16.3. The monoisotopic (exact) mass is 170 g/mol. The van der Waals surface area contributed by atoms with Gasteiger partial charge in [-0.15, -0.1) is 0 Å². The third kappa shape index (κ3) is 1.29. The molecule has 1 rings (SSSR count). The zero-order valence-corrected chi connectivity index (χ0v) is 8.09.